The van der Waals surface area contributed by atoms with E-state index in [0.717, 1.165) is 39.8 Å². The standard InChI is InChI=1S/C26H25NO4/c1-17(28)27-26(15-14-19-8-6-18(7-9-19)10-13-25(30)31)23-5-3-2-4-21(23)22-16-20(29)11-12-24(22)26/h2-9,11-12,16,29H,10,13-15H2,1H3,(H,27,28)(H,30,31). The van der Waals surface area contributed by atoms with Gasteiger partial charge in [-0.05, 0) is 64.8 Å². The molecule has 0 radical (unpaired) electrons. The number of benzene rings is 3. The summed E-state index contributed by atoms with van der Waals surface area (Å²) in [4.78, 5) is 23.1. The number of aromatic hydroxyl groups is 1. The number of amides is 1. The zero-order valence-corrected chi connectivity index (χ0v) is 17.4. The molecule has 3 aromatic rings. The lowest BCUT2D eigenvalue weighted by Gasteiger charge is -2.33. The number of carboxylic acids is 1. The molecule has 0 heterocycles. The van der Waals surface area contributed by atoms with Crippen molar-refractivity contribution in [3.05, 3.63) is 89.0 Å². The molecule has 5 heteroatoms. The van der Waals surface area contributed by atoms with Crippen molar-refractivity contribution < 1.29 is 19.8 Å². The molecule has 4 rings (SSSR count). The van der Waals surface area contributed by atoms with Crippen LogP contribution in [0.25, 0.3) is 11.1 Å². The highest BCUT2D eigenvalue weighted by Gasteiger charge is 2.43. The van der Waals surface area contributed by atoms with E-state index < -0.39 is 11.5 Å². The van der Waals surface area contributed by atoms with Gasteiger partial charge in [0.05, 0.1) is 5.54 Å². The fourth-order valence-electron chi connectivity index (χ4n) is 4.59. The van der Waals surface area contributed by atoms with Gasteiger partial charge >= 0.3 is 5.97 Å². The summed E-state index contributed by atoms with van der Waals surface area (Å²) in [5.41, 5.74) is 5.42. The summed E-state index contributed by atoms with van der Waals surface area (Å²) < 4.78 is 0. The topological polar surface area (TPSA) is 86.6 Å². The van der Waals surface area contributed by atoms with E-state index in [4.69, 9.17) is 5.11 Å². The summed E-state index contributed by atoms with van der Waals surface area (Å²) in [6, 6.07) is 21.3. The zero-order valence-electron chi connectivity index (χ0n) is 17.4. The monoisotopic (exact) mass is 415 g/mol. The summed E-state index contributed by atoms with van der Waals surface area (Å²) in [6.45, 7) is 1.53. The summed E-state index contributed by atoms with van der Waals surface area (Å²) in [6.07, 6.45) is 2.02. The van der Waals surface area contributed by atoms with Gasteiger partial charge in [0.15, 0.2) is 0 Å². The molecule has 0 spiro atoms. The smallest absolute Gasteiger partial charge is 0.303 e. The van der Waals surface area contributed by atoms with E-state index in [1.807, 2.05) is 54.6 Å². The van der Waals surface area contributed by atoms with Gasteiger partial charge in [0.1, 0.15) is 5.75 Å². The number of carbonyl (C=O) groups is 2. The number of carbonyl (C=O) groups excluding carboxylic acids is 1. The van der Waals surface area contributed by atoms with E-state index in [2.05, 4.69) is 5.32 Å². The largest absolute Gasteiger partial charge is 0.508 e. The number of fused-ring (bicyclic) bond motifs is 3. The molecule has 31 heavy (non-hydrogen) atoms. The van der Waals surface area contributed by atoms with Gasteiger partial charge in [0, 0.05) is 13.3 Å². The maximum atomic E-state index is 12.3. The molecule has 0 fully saturated rings. The molecule has 0 aromatic heterocycles. The summed E-state index contributed by atoms with van der Waals surface area (Å²) in [5.74, 6) is -0.713. The Labute approximate surface area is 181 Å². The van der Waals surface area contributed by atoms with Crippen LogP contribution in [0.2, 0.25) is 0 Å². The van der Waals surface area contributed by atoms with Crippen LogP contribution in [0.3, 0.4) is 0 Å². The first kappa shape index (κ1) is 20.7. The third-order valence-corrected chi connectivity index (χ3v) is 5.97. The van der Waals surface area contributed by atoms with Gasteiger partial charge in [0.25, 0.3) is 0 Å². The second-order valence-corrected chi connectivity index (χ2v) is 8.07. The molecule has 1 unspecified atom stereocenters. The quantitative estimate of drug-likeness (QED) is 0.534. The maximum absolute atomic E-state index is 12.3. The molecular weight excluding hydrogens is 390 g/mol. The first-order valence-corrected chi connectivity index (χ1v) is 10.4. The van der Waals surface area contributed by atoms with Crippen molar-refractivity contribution in [1.82, 2.24) is 5.32 Å². The highest BCUT2D eigenvalue weighted by molar-refractivity contribution is 5.85. The van der Waals surface area contributed by atoms with Crippen LogP contribution in [0.15, 0.2) is 66.7 Å². The van der Waals surface area contributed by atoms with Gasteiger partial charge in [-0.15, -0.1) is 0 Å². The minimum Gasteiger partial charge on any atom is -0.508 e. The molecule has 0 bridgehead atoms. The average Bonchev–Trinajstić information content (AvgIpc) is 3.00. The molecule has 1 amide bonds. The van der Waals surface area contributed by atoms with Crippen molar-refractivity contribution in [2.24, 2.45) is 0 Å². The fraction of sp³-hybridized carbons (Fsp3) is 0.231. The number of rotatable bonds is 7. The Hall–Kier alpha value is -3.60. The molecular formula is C26H25NO4. The third kappa shape index (κ3) is 4.04. The summed E-state index contributed by atoms with van der Waals surface area (Å²) in [7, 11) is 0. The van der Waals surface area contributed by atoms with Gasteiger partial charge in [-0.3, -0.25) is 9.59 Å². The highest BCUT2D eigenvalue weighted by Crippen LogP contribution is 2.50. The van der Waals surface area contributed by atoms with Gasteiger partial charge in [-0.2, -0.15) is 0 Å². The Bertz CT molecular complexity index is 1140. The van der Waals surface area contributed by atoms with Crippen LogP contribution in [0, 0.1) is 0 Å². The van der Waals surface area contributed by atoms with Crippen molar-refractivity contribution in [1.29, 1.82) is 0 Å². The van der Waals surface area contributed by atoms with Crippen LogP contribution in [0.4, 0.5) is 0 Å². The minimum absolute atomic E-state index is 0.111. The van der Waals surface area contributed by atoms with Crippen LogP contribution < -0.4 is 5.32 Å². The Morgan fingerprint density at radius 2 is 1.52 bits per heavy atom. The molecule has 1 aliphatic carbocycles. The van der Waals surface area contributed by atoms with Crippen LogP contribution in [-0.4, -0.2) is 22.1 Å². The van der Waals surface area contributed by atoms with E-state index in [0.29, 0.717) is 12.8 Å². The summed E-state index contributed by atoms with van der Waals surface area (Å²) in [5, 5.41) is 22.1. The van der Waals surface area contributed by atoms with Crippen molar-refractivity contribution in [3.63, 3.8) is 0 Å². The predicted octanol–water partition coefficient (Wildman–Crippen LogP) is 4.40. The summed E-state index contributed by atoms with van der Waals surface area (Å²) >= 11 is 0. The van der Waals surface area contributed by atoms with E-state index in [1.54, 1.807) is 12.1 Å². The van der Waals surface area contributed by atoms with E-state index in [1.165, 1.54) is 6.92 Å². The number of aryl methyl sites for hydroxylation is 2. The van der Waals surface area contributed by atoms with Gasteiger partial charge in [0.2, 0.25) is 5.91 Å². The first-order valence-electron chi connectivity index (χ1n) is 10.4. The minimum atomic E-state index is -0.800. The van der Waals surface area contributed by atoms with Crippen molar-refractivity contribution in [2.45, 2.75) is 38.1 Å². The van der Waals surface area contributed by atoms with E-state index >= 15 is 0 Å². The van der Waals surface area contributed by atoms with Crippen molar-refractivity contribution in [2.75, 3.05) is 0 Å². The van der Waals surface area contributed by atoms with Crippen molar-refractivity contribution in [3.8, 4) is 16.9 Å². The van der Waals surface area contributed by atoms with Crippen LogP contribution in [0.5, 0.6) is 5.75 Å². The van der Waals surface area contributed by atoms with E-state index in [9.17, 15) is 14.7 Å². The number of phenols is 1. The lowest BCUT2D eigenvalue weighted by molar-refractivity contribution is -0.137. The SMILES string of the molecule is CC(=O)NC1(CCc2ccc(CCC(=O)O)cc2)c2ccccc2-c2cc(O)ccc21. The molecule has 1 atom stereocenters. The number of hydrogen-bond acceptors (Lipinski definition) is 3. The number of aliphatic carboxylic acids is 1. The van der Waals surface area contributed by atoms with Crippen LogP contribution in [-0.2, 0) is 28.0 Å². The predicted molar refractivity (Wildman–Crippen MR) is 119 cm³/mol. The molecule has 0 saturated carbocycles. The Kier molecular flexibility index (Phi) is 5.51. The molecule has 158 valence electrons. The molecule has 3 aromatic carbocycles. The Morgan fingerprint density at radius 1 is 0.871 bits per heavy atom. The number of hydrogen-bond donors (Lipinski definition) is 3. The lowest BCUT2D eigenvalue weighted by Crippen LogP contribution is -2.45. The number of phenolic OH excluding ortho intramolecular Hbond substituents is 1. The second kappa shape index (κ2) is 8.26. The zero-order chi connectivity index (χ0) is 22.0. The second-order valence-electron chi connectivity index (χ2n) is 8.07. The molecule has 5 nitrogen and oxygen atoms in total. The maximum Gasteiger partial charge on any atom is 0.303 e. The third-order valence-electron chi connectivity index (χ3n) is 5.97. The van der Waals surface area contributed by atoms with E-state index in [-0.39, 0.29) is 18.1 Å². The number of nitrogens with one attached hydrogen (secondary N) is 1. The first-order chi connectivity index (χ1) is 14.9. The van der Waals surface area contributed by atoms with Gasteiger partial charge in [-0.1, -0.05) is 54.6 Å². The lowest BCUT2D eigenvalue weighted by atomic mass is 9.81. The molecule has 0 aliphatic heterocycles. The Balaban J connectivity index is 1.67. The number of carboxylic acid groups (broad SMARTS) is 1. The normalized spacial score (nSPS) is 16.4. The highest BCUT2D eigenvalue weighted by atomic mass is 16.4. The average molecular weight is 415 g/mol. The van der Waals surface area contributed by atoms with Crippen LogP contribution >= 0.6 is 0 Å². The molecule has 3 N–H and O–H groups in total. The molecule has 1 aliphatic rings. The fourth-order valence-corrected chi connectivity index (χ4v) is 4.59. The van der Waals surface area contributed by atoms with Gasteiger partial charge in [-0.25, -0.2) is 0 Å². The molecule has 0 saturated heterocycles. The Morgan fingerprint density at radius 3 is 2.19 bits per heavy atom. The van der Waals surface area contributed by atoms with Gasteiger partial charge < -0.3 is 15.5 Å². The van der Waals surface area contributed by atoms with Crippen LogP contribution in [0.1, 0.15) is 42.0 Å². The van der Waals surface area contributed by atoms with Crippen molar-refractivity contribution >= 4 is 11.9 Å².